The number of imidazole rings is 1. The number of benzene rings is 2. The highest BCUT2D eigenvalue weighted by molar-refractivity contribution is 5.96. The molecule has 0 radical (unpaired) electrons. The summed E-state index contributed by atoms with van der Waals surface area (Å²) in [7, 11) is 0. The number of aromatic nitrogens is 2. The molecule has 156 valence electrons. The van der Waals surface area contributed by atoms with Gasteiger partial charge >= 0.3 is 11.9 Å². The van der Waals surface area contributed by atoms with Crippen LogP contribution in [0.15, 0.2) is 72.9 Å². The van der Waals surface area contributed by atoms with Crippen LogP contribution in [0.2, 0.25) is 0 Å². The number of hydrogen-bond donors (Lipinski definition) is 2. The summed E-state index contributed by atoms with van der Waals surface area (Å²) in [5, 5.41) is 19.7. The molecule has 2 aromatic carbocycles. The maximum atomic E-state index is 12.2. The average molecular weight is 414 g/mol. The van der Waals surface area contributed by atoms with E-state index in [-0.39, 0.29) is 12.0 Å². The number of aromatic carboxylic acids is 1. The summed E-state index contributed by atoms with van der Waals surface area (Å²) in [5.41, 5.74) is 4.38. The Morgan fingerprint density at radius 1 is 1.00 bits per heavy atom. The van der Waals surface area contributed by atoms with Crippen LogP contribution in [-0.2, 0) is 17.6 Å². The molecule has 0 amide bonds. The predicted molar refractivity (Wildman–Crippen MR) is 117 cm³/mol. The lowest BCUT2D eigenvalue weighted by Crippen LogP contribution is -2.17. The van der Waals surface area contributed by atoms with Gasteiger partial charge in [0.15, 0.2) is 0 Å². The molecule has 1 atom stereocenters. The van der Waals surface area contributed by atoms with Crippen LogP contribution in [0.4, 0.5) is 0 Å². The topological polar surface area (TPSA) is 91.9 Å². The summed E-state index contributed by atoms with van der Waals surface area (Å²) >= 11 is 0. The maximum Gasteiger partial charge on any atom is 0.336 e. The third-order valence-corrected chi connectivity index (χ3v) is 5.46. The molecule has 0 aliphatic rings. The van der Waals surface area contributed by atoms with Crippen LogP contribution < -0.4 is 0 Å². The number of aryl methyl sites for hydroxylation is 1. The van der Waals surface area contributed by atoms with Crippen molar-refractivity contribution in [2.45, 2.75) is 25.7 Å². The second kappa shape index (κ2) is 8.44. The van der Waals surface area contributed by atoms with Gasteiger partial charge < -0.3 is 14.6 Å². The fourth-order valence-corrected chi connectivity index (χ4v) is 3.84. The van der Waals surface area contributed by atoms with E-state index in [1.807, 2.05) is 66.1 Å². The molecule has 0 saturated heterocycles. The van der Waals surface area contributed by atoms with Crippen molar-refractivity contribution < 1.29 is 19.8 Å². The van der Waals surface area contributed by atoms with E-state index in [1.165, 1.54) is 6.07 Å². The standard InChI is InChI=1S/C25H22N2O4/c1-2-18-15-27-19(9-6-10-23(27)26-18)14-21(24(28)29)17-11-12-20(22(13-17)25(30)31)16-7-4-3-5-8-16/h3-13,15,21H,2,14H2,1H3,(H,28,29)(H,30,31). The number of rotatable bonds is 7. The van der Waals surface area contributed by atoms with Gasteiger partial charge in [-0.2, -0.15) is 0 Å². The molecular formula is C25H22N2O4. The molecule has 0 bridgehead atoms. The van der Waals surface area contributed by atoms with Gasteiger partial charge in [0.05, 0.1) is 17.2 Å². The normalized spacial score (nSPS) is 12.0. The lowest BCUT2D eigenvalue weighted by atomic mass is 9.89. The molecule has 6 nitrogen and oxygen atoms in total. The number of carboxylic acids is 2. The van der Waals surface area contributed by atoms with Crippen molar-refractivity contribution in [2.75, 3.05) is 0 Å². The number of hydrogen-bond acceptors (Lipinski definition) is 3. The van der Waals surface area contributed by atoms with Crippen molar-refractivity contribution in [3.05, 3.63) is 95.4 Å². The number of aliphatic carboxylic acids is 1. The Morgan fingerprint density at radius 3 is 2.45 bits per heavy atom. The summed E-state index contributed by atoms with van der Waals surface area (Å²) in [6.07, 6.45) is 2.92. The van der Waals surface area contributed by atoms with Crippen molar-refractivity contribution in [3.63, 3.8) is 0 Å². The molecule has 0 fully saturated rings. The first-order chi connectivity index (χ1) is 15.0. The highest BCUT2D eigenvalue weighted by atomic mass is 16.4. The SMILES string of the molecule is CCc1cn2c(CC(C(=O)O)c3ccc(-c4ccccc4)c(C(=O)O)c3)cccc2n1. The molecule has 2 aromatic heterocycles. The van der Waals surface area contributed by atoms with Crippen molar-refractivity contribution >= 4 is 17.6 Å². The predicted octanol–water partition coefficient (Wildman–Crippen LogP) is 4.67. The fraction of sp³-hybridized carbons (Fsp3) is 0.160. The zero-order valence-electron chi connectivity index (χ0n) is 17.0. The molecular weight excluding hydrogens is 392 g/mol. The lowest BCUT2D eigenvalue weighted by Gasteiger charge is -2.16. The Morgan fingerprint density at radius 2 is 1.77 bits per heavy atom. The zero-order valence-corrected chi connectivity index (χ0v) is 17.0. The first-order valence-electron chi connectivity index (χ1n) is 10.1. The van der Waals surface area contributed by atoms with Crippen LogP contribution in [0.5, 0.6) is 0 Å². The zero-order chi connectivity index (χ0) is 22.0. The van der Waals surface area contributed by atoms with Gasteiger partial charge in [-0.1, -0.05) is 55.5 Å². The molecule has 2 N–H and O–H groups in total. The highest BCUT2D eigenvalue weighted by Gasteiger charge is 2.24. The molecule has 0 saturated carbocycles. The molecule has 4 rings (SSSR count). The number of carbonyl (C=O) groups is 2. The van der Waals surface area contributed by atoms with Crippen LogP contribution in [0.1, 0.15) is 40.2 Å². The van der Waals surface area contributed by atoms with Gasteiger partial charge in [-0.3, -0.25) is 4.79 Å². The summed E-state index contributed by atoms with van der Waals surface area (Å²) in [6.45, 7) is 2.02. The minimum Gasteiger partial charge on any atom is -0.481 e. The molecule has 0 aliphatic heterocycles. The van der Waals surface area contributed by atoms with E-state index in [1.54, 1.807) is 12.1 Å². The minimum absolute atomic E-state index is 0.0871. The van der Waals surface area contributed by atoms with Crippen molar-refractivity contribution in [3.8, 4) is 11.1 Å². The summed E-state index contributed by atoms with van der Waals surface area (Å²) in [4.78, 5) is 28.7. The van der Waals surface area contributed by atoms with E-state index in [0.29, 0.717) is 11.1 Å². The van der Waals surface area contributed by atoms with E-state index in [9.17, 15) is 19.8 Å². The van der Waals surface area contributed by atoms with Gasteiger partial charge in [0, 0.05) is 18.3 Å². The summed E-state index contributed by atoms with van der Waals surface area (Å²) in [6, 6.07) is 19.7. The smallest absolute Gasteiger partial charge is 0.336 e. The largest absolute Gasteiger partial charge is 0.481 e. The molecule has 1 unspecified atom stereocenters. The number of fused-ring (bicyclic) bond motifs is 1. The molecule has 4 aromatic rings. The van der Waals surface area contributed by atoms with E-state index in [4.69, 9.17) is 0 Å². The molecule has 0 aliphatic carbocycles. The maximum absolute atomic E-state index is 12.2. The van der Waals surface area contributed by atoms with E-state index < -0.39 is 17.9 Å². The van der Waals surface area contributed by atoms with Crippen LogP contribution in [0, 0.1) is 0 Å². The Kier molecular flexibility index (Phi) is 5.54. The van der Waals surface area contributed by atoms with Gasteiger partial charge in [-0.25, -0.2) is 9.78 Å². The second-order valence-corrected chi connectivity index (χ2v) is 7.40. The van der Waals surface area contributed by atoms with Gasteiger partial charge in [0.1, 0.15) is 5.65 Å². The number of pyridine rings is 1. The van der Waals surface area contributed by atoms with E-state index >= 15 is 0 Å². The summed E-state index contributed by atoms with van der Waals surface area (Å²) in [5.74, 6) is -2.98. The fourth-order valence-electron chi connectivity index (χ4n) is 3.84. The molecule has 31 heavy (non-hydrogen) atoms. The van der Waals surface area contributed by atoms with Crippen molar-refractivity contribution in [1.29, 1.82) is 0 Å². The third-order valence-electron chi connectivity index (χ3n) is 5.46. The second-order valence-electron chi connectivity index (χ2n) is 7.40. The average Bonchev–Trinajstić information content (AvgIpc) is 3.21. The monoisotopic (exact) mass is 414 g/mol. The van der Waals surface area contributed by atoms with Crippen molar-refractivity contribution in [2.24, 2.45) is 0 Å². The first-order valence-corrected chi connectivity index (χ1v) is 10.1. The van der Waals surface area contributed by atoms with Gasteiger partial charge in [-0.05, 0) is 41.3 Å². The number of carboxylic acid groups (broad SMARTS) is 2. The lowest BCUT2D eigenvalue weighted by molar-refractivity contribution is -0.138. The number of nitrogens with zero attached hydrogens (tertiary/aromatic N) is 2. The highest BCUT2D eigenvalue weighted by Crippen LogP contribution is 2.29. The Balaban J connectivity index is 1.76. The van der Waals surface area contributed by atoms with E-state index in [2.05, 4.69) is 4.98 Å². The Bertz CT molecular complexity index is 1260. The van der Waals surface area contributed by atoms with Crippen LogP contribution in [-0.4, -0.2) is 31.5 Å². The third kappa shape index (κ3) is 4.05. The molecule has 6 heteroatoms. The first kappa shape index (κ1) is 20.3. The molecule has 0 spiro atoms. The Labute approximate surface area is 179 Å². The minimum atomic E-state index is -1.09. The van der Waals surface area contributed by atoms with E-state index in [0.717, 1.165) is 29.0 Å². The quantitative estimate of drug-likeness (QED) is 0.458. The van der Waals surface area contributed by atoms with Crippen molar-refractivity contribution in [1.82, 2.24) is 9.38 Å². The Hall–Kier alpha value is -3.93. The summed E-state index contributed by atoms with van der Waals surface area (Å²) < 4.78 is 1.91. The van der Waals surface area contributed by atoms with Gasteiger partial charge in [0.25, 0.3) is 0 Å². The van der Waals surface area contributed by atoms with Crippen LogP contribution in [0.25, 0.3) is 16.8 Å². The molecule has 2 heterocycles. The van der Waals surface area contributed by atoms with Crippen LogP contribution in [0.3, 0.4) is 0 Å². The van der Waals surface area contributed by atoms with Crippen LogP contribution >= 0.6 is 0 Å². The van der Waals surface area contributed by atoms with Gasteiger partial charge in [-0.15, -0.1) is 0 Å². The van der Waals surface area contributed by atoms with Gasteiger partial charge in [0.2, 0.25) is 0 Å².